The zero-order chi connectivity index (χ0) is 12.0. The summed E-state index contributed by atoms with van der Waals surface area (Å²) in [7, 11) is 0. The van der Waals surface area contributed by atoms with Gasteiger partial charge in [-0.25, -0.2) is 4.39 Å². The SMILES string of the molecule is CCC(CC)COc1ccc(CN)c(F)c1. The molecule has 1 aromatic rings. The van der Waals surface area contributed by atoms with Crippen LogP contribution in [-0.4, -0.2) is 6.61 Å². The van der Waals surface area contributed by atoms with Gasteiger partial charge in [-0.15, -0.1) is 0 Å². The molecule has 1 rings (SSSR count). The van der Waals surface area contributed by atoms with E-state index in [0.29, 0.717) is 23.8 Å². The van der Waals surface area contributed by atoms with E-state index in [-0.39, 0.29) is 12.4 Å². The van der Waals surface area contributed by atoms with E-state index >= 15 is 0 Å². The highest BCUT2D eigenvalue weighted by Crippen LogP contribution is 2.18. The summed E-state index contributed by atoms with van der Waals surface area (Å²) < 4.78 is 18.9. The molecule has 0 spiro atoms. The third-order valence-corrected chi connectivity index (χ3v) is 2.88. The zero-order valence-corrected chi connectivity index (χ0v) is 10.0. The zero-order valence-electron chi connectivity index (χ0n) is 10.0. The fourth-order valence-electron chi connectivity index (χ4n) is 1.52. The van der Waals surface area contributed by atoms with Gasteiger partial charge in [0.2, 0.25) is 0 Å². The van der Waals surface area contributed by atoms with Crippen molar-refractivity contribution in [3.8, 4) is 5.75 Å². The minimum absolute atomic E-state index is 0.221. The predicted molar refractivity (Wildman–Crippen MR) is 63.9 cm³/mol. The second kappa shape index (κ2) is 6.48. The lowest BCUT2D eigenvalue weighted by atomic mass is 10.1. The van der Waals surface area contributed by atoms with Gasteiger partial charge in [-0.3, -0.25) is 0 Å². The first-order valence-electron chi connectivity index (χ1n) is 5.82. The highest BCUT2D eigenvalue weighted by Gasteiger charge is 2.06. The van der Waals surface area contributed by atoms with Crippen LogP contribution in [0.15, 0.2) is 18.2 Å². The molecular formula is C13H20FNO. The lowest BCUT2D eigenvalue weighted by Gasteiger charge is -2.14. The molecule has 1 aromatic carbocycles. The second-order valence-electron chi connectivity index (χ2n) is 3.95. The summed E-state index contributed by atoms with van der Waals surface area (Å²) >= 11 is 0. The lowest BCUT2D eigenvalue weighted by Crippen LogP contribution is -2.10. The fraction of sp³-hybridized carbons (Fsp3) is 0.538. The molecule has 0 amide bonds. The van der Waals surface area contributed by atoms with Crippen molar-refractivity contribution >= 4 is 0 Å². The van der Waals surface area contributed by atoms with Crippen LogP contribution >= 0.6 is 0 Å². The summed E-state index contributed by atoms with van der Waals surface area (Å²) in [6, 6.07) is 4.86. The molecule has 0 fully saturated rings. The van der Waals surface area contributed by atoms with Gasteiger partial charge in [0, 0.05) is 18.2 Å². The van der Waals surface area contributed by atoms with Gasteiger partial charge >= 0.3 is 0 Å². The van der Waals surface area contributed by atoms with Crippen LogP contribution in [-0.2, 0) is 6.54 Å². The van der Waals surface area contributed by atoms with Crippen molar-refractivity contribution in [3.05, 3.63) is 29.6 Å². The third kappa shape index (κ3) is 3.49. The van der Waals surface area contributed by atoms with Gasteiger partial charge < -0.3 is 10.5 Å². The molecule has 0 unspecified atom stereocenters. The highest BCUT2D eigenvalue weighted by atomic mass is 19.1. The Balaban J connectivity index is 2.58. The summed E-state index contributed by atoms with van der Waals surface area (Å²) in [6.07, 6.45) is 2.17. The number of hydrogen-bond donors (Lipinski definition) is 1. The normalized spacial score (nSPS) is 10.8. The fourth-order valence-corrected chi connectivity index (χ4v) is 1.52. The predicted octanol–water partition coefficient (Wildman–Crippen LogP) is 3.10. The lowest BCUT2D eigenvalue weighted by molar-refractivity contribution is 0.239. The first kappa shape index (κ1) is 13.0. The van der Waals surface area contributed by atoms with Crippen LogP contribution < -0.4 is 10.5 Å². The highest BCUT2D eigenvalue weighted by molar-refractivity contribution is 5.28. The summed E-state index contributed by atoms with van der Waals surface area (Å²) in [5.41, 5.74) is 5.91. The first-order chi connectivity index (χ1) is 7.71. The van der Waals surface area contributed by atoms with Gasteiger partial charge in [0.15, 0.2) is 0 Å². The molecule has 2 nitrogen and oxygen atoms in total. The summed E-state index contributed by atoms with van der Waals surface area (Å²) in [6.45, 7) is 5.14. The topological polar surface area (TPSA) is 35.2 Å². The molecule has 0 aliphatic heterocycles. The minimum atomic E-state index is -0.287. The van der Waals surface area contributed by atoms with Crippen LogP contribution in [0.3, 0.4) is 0 Å². The van der Waals surface area contributed by atoms with E-state index < -0.39 is 0 Å². The van der Waals surface area contributed by atoms with Crippen LogP contribution in [0.2, 0.25) is 0 Å². The third-order valence-electron chi connectivity index (χ3n) is 2.88. The molecule has 2 N–H and O–H groups in total. The molecule has 0 aromatic heterocycles. The molecule has 0 atom stereocenters. The van der Waals surface area contributed by atoms with Gasteiger partial charge in [0.25, 0.3) is 0 Å². The minimum Gasteiger partial charge on any atom is -0.493 e. The van der Waals surface area contributed by atoms with Crippen LogP contribution in [0.1, 0.15) is 32.3 Å². The molecule has 0 aliphatic rings. The van der Waals surface area contributed by atoms with Crippen molar-refractivity contribution in [1.29, 1.82) is 0 Å². The molecule has 90 valence electrons. The smallest absolute Gasteiger partial charge is 0.131 e. The van der Waals surface area contributed by atoms with Crippen molar-refractivity contribution in [2.45, 2.75) is 33.2 Å². The summed E-state index contributed by atoms with van der Waals surface area (Å²) in [4.78, 5) is 0. The number of rotatable bonds is 6. The van der Waals surface area contributed by atoms with Gasteiger partial charge in [0.05, 0.1) is 6.61 Å². The monoisotopic (exact) mass is 225 g/mol. The van der Waals surface area contributed by atoms with Crippen LogP contribution in [0.25, 0.3) is 0 Å². The van der Waals surface area contributed by atoms with Crippen molar-refractivity contribution in [3.63, 3.8) is 0 Å². The quantitative estimate of drug-likeness (QED) is 0.807. The van der Waals surface area contributed by atoms with Crippen molar-refractivity contribution < 1.29 is 9.13 Å². The Bertz CT molecular complexity index is 324. The maximum Gasteiger partial charge on any atom is 0.131 e. The molecule has 0 aliphatic carbocycles. The molecular weight excluding hydrogens is 205 g/mol. The Morgan fingerprint density at radius 2 is 2.00 bits per heavy atom. The maximum absolute atomic E-state index is 13.4. The van der Waals surface area contributed by atoms with Gasteiger partial charge in [-0.2, -0.15) is 0 Å². The van der Waals surface area contributed by atoms with Gasteiger partial charge in [0.1, 0.15) is 11.6 Å². The van der Waals surface area contributed by atoms with Gasteiger partial charge in [-0.05, 0) is 12.0 Å². The molecule has 0 saturated carbocycles. The van der Waals surface area contributed by atoms with Crippen LogP contribution in [0.4, 0.5) is 4.39 Å². The van der Waals surface area contributed by atoms with E-state index in [0.717, 1.165) is 12.8 Å². The Morgan fingerprint density at radius 3 is 2.50 bits per heavy atom. The number of nitrogens with two attached hydrogens (primary N) is 1. The average Bonchev–Trinajstić information content (AvgIpc) is 2.30. The maximum atomic E-state index is 13.4. The van der Waals surface area contributed by atoms with Crippen LogP contribution in [0.5, 0.6) is 5.75 Å². The van der Waals surface area contributed by atoms with E-state index in [4.69, 9.17) is 10.5 Å². The number of benzene rings is 1. The average molecular weight is 225 g/mol. The van der Waals surface area contributed by atoms with E-state index in [2.05, 4.69) is 13.8 Å². The standard InChI is InChI=1S/C13H20FNO/c1-3-10(4-2)9-16-12-6-5-11(8-15)13(14)7-12/h5-7,10H,3-4,8-9,15H2,1-2H3. The summed E-state index contributed by atoms with van der Waals surface area (Å²) in [5, 5.41) is 0. The Hall–Kier alpha value is -1.09. The van der Waals surface area contributed by atoms with Crippen molar-refractivity contribution in [2.75, 3.05) is 6.61 Å². The summed E-state index contributed by atoms with van der Waals surface area (Å²) in [5.74, 6) is 0.836. The molecule has 0 bridgehead atoms. The van der Waals surface area contributed by atoms with Gasteiger partial charge in [-0.1, -0.05) is 32.8 Å². The molecule has 0 heterocycles. The number of ether oxygens (including phenoxy) is 1. The first-order valence-corrected chi connectivity index (χ1v) is 5.82. The number of halogens is 1. The van der Waals surface area contributed by atoms with Crippen molar-refractivity contribution in [2.24, 2.45) is 11.7 Å². The molecule has 16 heavy (non-hydrogen) atoms. The van der Waals surface area contributed by atoms with E-state index in [1.807, 2.05) is 0 Å². The second-order valence-corrected chi connectivity index (χ2v) is 3.95. The van der Waals surface area contributed by atoms with E-state index in [1.165, 1.54) is 6.07 Å². The van der Waals surface area contributed by atoms with Crippen molar-refractivity contribution in [1.82, 2.24) is 0 Å². The molecule has 3 heteroatoms. The van der Waals surface area contributed by atoms with E-state index in [1.54, 1.807) is 12.1 Å². The molecule has 0 saturated heterocycles. The Morgan fingerprint density at radius 1 is 1.31 bits per heavy atom. The Kier molecular flexibility index (Phi) is 5.26. The van der Waals surface area contributed by atoms with E-state index in [9.17, 15) is 4.39 Å². The Labute approximate surface area is 96.6 Å². The molecule has 0 radical (unpaired) electrons. The van der Waals surface area contributed by atoms with Crippen LogP contribution in [0, 0.1) is 11.7 Å². The largest absolute Gasteiger partial charge is 0.493 e. The number of hydrogen-bond acceptors (Lipinski definition) is 2.